The molecule has 2 N–H and O–H groups in total. The molecule has 0 aliphatic heterocycles. The summed E-state index contributed by atoms with van der Waals surface area (Å²) < 4.78 is 0. The maximum Gasteiger partial charge on any atom is 0.0547 e. The molecular weight excluding hydrogens is 246 g/mol. The highest BCUT2D eigenvalue weighted by Crippen LogP contribution is 2.15. The molecule has 0 radical (unpaired) electrons. The molecule has 1 atom stereocenters. The van der Waals surface area contributed by atoms with Crippen molar-refractivity contribution in [2.24, 2.45) is 17.6 Å². The third kappa shape index (κ3) is 6.49. The van der Waals surface area contributed by atoms with Crippen LogP contribution in [0, 0.1) is 18.8 Å². The van der Waals surface area contributed by atoms with Crippen molar-refractivity contribution in [2.75, 3.05) is 19.6 Å². The van der Waals surface area contributed by atoms with Crippen LogP contribution in [0.1, 0.15) is 45.0 Å². The van der Waals surface area contributed by atoms with Gasteiger partial charge in [-0.1, -0.05) is 26.8 Å². The predicted octanol–water partition coefficient (Wildman–Crippen LogP) is 3.22. The van der Waals surface area contributed by atoms with Gasteiger partial charge in [-0.3, -0.25) is 9.88 Å². The van der Waals surface area contributed by atoms with Crippen LogP contribution in [0.25, 0.3) is 0 Å². The van der Waals surface area contributed by atoms with Crippen molar-refractivity contribution >= 4 is 0 Å². The van der Waals surface area contributed by atoms with Crippen molar-refractivity contribution < 1.29 is 0 Å². The maximum absolute atomic E-state index is 5.89. The van der Waals surface area contributed by atoms with Crippen molar-refractivity contribution in [1.82, 2.24) is 9.88 Å². The molecule has 20 heavy (non-hydrogen) atoms. The molecule has 0 aliphatic rings. The van der Waals surface area contributed by atoms with Crippen LogP contribution in [0.5, 0.6) is 0 Å². The highest BCUT2D eigenvalue weighted by atomic mass is 15.1. The second kappa shape index (κ2) is 9.09. The number of hydrogen-bond donors (Lipinski definition) is 1. The van der Waals surface area contributed by atoms with E-state index in [1.165, 1.54) is 18.5 Å². The number of aromatic nitrogens is 1. The lowest BCUT2D eigenvalue weighted by atomic mass is 9.94. The van der Waals surface area contributed by atoms with E-state index in [0.717, 1.165) is 37.8 Å². The van der Waals surface area contributed by atoms with Gasteiger partial charge in [0.1, 0.15) is 0 Å². The third-order valence-corrected chi connectivity index (χ3v) is 3.77. The number of pyridine rings is 1. The van der Waals surface area contributed by atoms with Crippen molar-refractivity contribution in [3.05, 3.63) is 29.6 Å². The van der Waals surface area contributed by atoms with Gasteiger partial charge in [0.05, 0.1) is 5.69 Å². The van der Waals surface area contributed by atoms with Crippen molar-refractivity contribution in [2.45, 2.75) is 47.1 Å². The summed E-state index contributed by atoms with van der Waals surface area (Å²) in [6.07, 6.45) is 2.42. The topological polar surface area (TPSA) is 42.1 Å². The molecule has 0 spiro atoms. The van der Waals surface area contributed by atoms with Crippen LogP contribution in [-0.4, -0.2) is 29.5 Å². The van der Waals surface area contributed by atoms with Crippen molar-refractivity contribution in [3.8, 4) is 0 Å². The average molecular weight is 277 g/mol. The van der Waals surface area contributed by atoms with E-state index in [1.807, 2.05) is 13.0 Å². The van der Waals surface area contributed by atoms with Gasteiger partial charge in [0, 0.05) is 12.2 Å². The average Bonchev–Trinajstić information content (AvgIpc) is 2.41. The molecule has 1 unspecified atom stereocenters. The Kier molecular flexibility index (Phi) is 7.78. The van der Waals surface area contributed by atoms with E-state index < -0.39 is 0 Å². The standard InChI is InChI=1S/C17H31N3/c1-5-20(10-9-16(12-18)11-14(2)3)13-17-8-6-7-15(4)19-17/h6-8,14,16H,5,9-13,18H2,1-4H3. The Labute approximate surface area is 124 Å². The highest BCUT2D eigenvalue weighted by Gasteiger charge is 2.12. The first kappa shape index (κ1) is 17.1. The van der Waals surface area contributed by atoms with Crippen LogP contribution in [0.3, 0.4) is 0 Å². The minimum absolute atomic E-state index is 0.648. The Hall–Kier alpha value is -0.930. The second-order valence-corrected chi connectivity index (χ2v) is 6.16. The Morgan fingerprint density at radius 3 is 2.60 bits per heavy atom. The summed E-state index contributed by atoms with van der Waals surface area (Å²) >= 11 is 0. The normalized spacial score (nSPS) is 13.2. The minimum Gasteiger partial charge on any atom is -0.330 e. The molecule has 0 fully saturated rings. The number of nitrogens with two attached hydrogens (primary N) is 1. The van der Waals surface area contributed by atoms with E-state index in [9.17, 15) is 0 Å². The van der Waals surface area contributed by atoms with Gasteiger partial charge in [-0.15, -0.1) is 0 Å². The van der Waals surface area contributed by atoms with Gasteiger partial charge in [-0.25, -0.2) is 0 Å². The number of hydrogen-bond acceptors (Lipinski definition) is 3. The monoisotopic (exact) mass is 277 g/mol. The fourth-order valence-corrected chi connectivity index (χ4v) is 2.63. The summed E-state index contributed by atoms with van der Waals surface area (Å²) in [4.78, 5) is 7.05. The van der Waals surface area contributed by atoms with Crippen LogP contribution >= 0.6 is 0 Å². The van der Waals surface area contributed by atoms with Gasteiger partial charge in [-0.2, -0.15) is 0 Å². The molecular formula is C17H31N3. The molecule has 0 bridgehead atoms. The first-order valence-corrected chi connectivity index (χ1v) is 7.90. The number of rotatable bonds is 9. The Balaban J connectivity index is 2.46. The molecule has 3 nitrogen and oxygen atoms in total. The number of nitrogens with zero attached hydrogens (tertiary/aromatic N) is 2. The van der Waals surface area contributed by atoms with E-state index in [1.54, 1.807) is 0 Å². The van der Waals surface area contributed by atoms with Gasteiger partial charge in [-0.05, 0) is 63.4 Å². The highest BCUT2D eigenvalue weighted by molar-refractivity contribution is 5.09. The van der Waals surface area contributed by atoms with E-state index in [0.29, 0.717) is 5.92 Å². The lowest BCUT2D eigenvalue weighted by molar-refractivity contribution is 0.244. The van der Waals surface area contributed by atoms with Crippen LogP contribution in [0.4, 0.5) is 0 Å². The quantitative estimate of drug-likeness (QED) is 0.753. The van der Waals surface area contributed by atoms with E-state index in [2.05, 4.69) is 42.8 Å². The molecule has 0 amide bonds. The summed E-state index contributed by atoms with van der Waals surface area (Å²) in [7, 11) is 0. The molecule has 0 aromatic carbocycles. The largest absolute Gasteiger partial charge is 0.330 e. The summed E-state index contributed by atoms with van der Waals surface area (Å²) in [5.74, 6) is 1.38. The first-order valence-electron chi connectivity index (χ1n) is 7.90. The summed E-state index contributed by atoms with van der Waals surface area (Å²) in [5, 5.41) is 0. The SMILES string of the molecule is CCN(CCC(CN)CC(C)C)Cc1cccc(C)n1. The molecule has 0 saturated heterocycles. The molecule has 3 heteroatoms. The van der Waals surface area contributed by atoms with Gasteiger partial charge < -0.3 is 5.73 Å². The third-order valence-electron chi connectivity index (χ3n) is 3.77. The summed E-state index contributed by atoms with van der Waals surface area (Å²) in [5.41, 5.74) is 8.15. The Morgan fingerprint density at radius 1 is 1.30 bits per heavy atom. The number of aryl methyl sites for hydroxylation is 1. The second-order valence-electron chi connectivity index (χ2n) is 6.16. The molecule has 0 aliphatic carbocycles. The van der Waals surface area contributed by atoms with Crippen LogP contribution < -0.4 is 5.73 Å². The van der Waals surface area contributed by atoms with Crippen LogP contribution in [-0.2, 0) is 6.54 Å². The molecule has 0 saturated carbocycles. The zero-order chi connectivity index (χ0) is 15.0. The molecule has 1 aromatic heterocycles. The Bertz CT molecular complexity index is 376. The zero-order valence-electron chi connectivity index (χ0n) is 13.6. The fraction of sp³-hybridized carbons (Fsp3) is 0.706. The van der Waals surface area contributed by atoms with E-state index in [4.69, 9.17) is 5.73 Å². The summed E-state index contributed by atoms with van der Waals surface area (Å²) in [6.45, 7) is 12.7. The lowest BCUT2D eigenvalue weighted by Crippen LogP contribution is -2.28. The van der Waals surface area contributed by atoms with Crippen molar-refractivity contribution in [3.63, 3.8) is 0 Å². The van der Waals surface area contributed by atoms with Gasteiger partial charge >= 0.3 is 0 Å². The smallest absolute Gasteiger partial charge is 0.0547 e. The summed E-state index contributed by atoms with van der Waals surface area (Å²) in [6, 6.07) is 6.25. The zero-order valence-corrected chi connectivity index (χ0v) is 13.6. The Morgan fingerprint density at radius 2 is 2.05 bits per heavy atom. The van der Waals surface area contributed by atoms with Crippen LogP contribution in [0.15, 0.2) is 18.2 Å². The van der Waals surface area contributed by atoms with E-state index in [-0.39, 0.29) is 0 Å². The van der Waals surface area contributed by atoms with E-state index >= 15 is 0 Å². The minimum atomic E-state index is 0.648. The molecule has 1 rings (SSSR count). The molecule has 114 valence electrons. The van der Waals surface area contributed by atoms with Gasteiger partial charge in [0.15, 0.2) is 0 Å². The molecule has 1 heterocycles. The lowest BCUT2D eigenvalue weighted by Gasteiger charge is -2.24. The molecule has 1 aromatic rings. The van der Waals surface area contributed by atoms with Gasteiger partial charge in [0.2, 0.25) is 0 Å². The predicted molar refractivity (Wildman–Crippen MR) is 86.5 cm³/mol. The van der Waals surface area contributed by atoms with Gasteiger partial charge in [0.25, 0.3) is 0 Å². The van der Waals surface area contributed by atoms with Crippen LogP contribution in [0.2, 0.25) is 0 Å². The van der Waals surface area contributed by atoms with Crippen molar-refractivity contribution in [1.29, 1.82) is 0 Å². The fourth-order valence-electron chi connectivity index (χ4n) is 2.63. The maximum atomic E-state index is 5.89. The first-order chi connectivity index (χ1) is 9.55.